The van der Waals surface area contributed by atoms with Crippen molar-refractivity contribution in [3.63, 3.8) is 0 Å². The highest BCUT2D eigenvalue weighted by atomic mass is 35.5. The van der Waals surface area contributed by atoms with E-state index in [0.717, 1.165) is 6.61 Å². The predicted molar refractivity (Wildman–Crippen MR) is 46.8 cm³/mol. The zero-order chi connectivity index (χ0) is 8.43. The topological polar surface area (TPSA) is 20.2 Å². The van der Waals surface area contributed by atoms with Gasteiger partial charge >= 0.3 is 0 Å². The van der Waals surface area contributed by atoms with Crippen molar-refractivity contribution in [2.45, 2.75) is 0 Å². The van der Waals surface area contributed by atoms with Gasteiger partial charge in [-0.1, -0.05) is 34.8 Å². The monoisotopic (exact) mass is 209 g/mol. The van der Waals surface area contributed by atoms with Crippen LogP contribution in [0.15, 0.2) is 12.1 Å². The van der Waals surface area contributed by atoms with Crippen molar-refractivity contribution < 1.29 is 5.11 Å². The van der Waals surface area contributed by atoms with Crippen LogP contribution in [0.4, 0.5) is 0 Å². The number of benzene rings is 1. The average Bonchev–Trinajstić information content (AvgIpc) is 1.97. The molecule has 1 nitrogen and oxygen atoms in total. The van der Waals surface area contributed by atoms with Gasteiger partial charge in [0.05, 0.1) is 10.0 Å². The van der Waals surface area contributed by atoms with E-state index >= 15 is 0 Å². The Labute approximate surface area is 79.5 Å². The highest BCUT2D eigenvalue weighted by molar-refractivity contribution is 6.43. The van der Waals surface area contributed by atoms with Crippen LogP contribution in [0.1, 0.15) is 5.56 Å². The van der Waals surface area contributed by atoms with Crippen LogP contribution in [-0.4, -0.2) is 5.11 Å². The lowest BCUT2D eigenvalue weighted by Gasteiger charge is -2.01. The molecule has 0 aromatic heterocycles. The minimum atomic E-state index is 0.372. The van der Waals surface area contributed by atoms with Gasteiger partial charge in [0, 0.05) is 10.6 Å². The van der Waals surface area contributed by atoms with Gasteiger partial charge in [-0.05, 0) is 12.1 Å². The van der Waals surface area contributed by atoms with Crippen molar-refractivity contribution in [2.75, 3.05) is 0 Å². The van der Waals surface area contributed by atoms with E-state index in [0.29, 0.717) is 20.6 Å². The number of aliphatic hydroxyl groups is 1. The number of aliphatic hydroxyl groups excluding tert-OH is 1. The van der Waals surface area contributed by atoms with E-state index in [-0.39, 0.29) is 0 Å². The number of hydrogen-bond acceptors (Lipinski definition) is 1. The van der Waals surface area contributed by atoms with Gasteiger partial charge in [-0.2, -0.15) is 0 Å². The molecule has 1 rings (SSSR count). The summed E-state index contributed by atoms with van der Waals surface area (Å²) in [4.78, 5) is 0. The number of hydrogen-bond donors (Lipinski definition) is 1. The van der Waals surface area contributed by atoms with Crippen LogP contribution in [0.3, 0.4) is 0 Å². The van der Waals surface area contributed by atoms with Gasteiger partial charge in [0.25, 0.3) is 0 Å². The molecule has 4 heteroatoms. The Kier molecular flexibility index (Phi) is 3.02. The molecule has 1 aromatic rings. The van der Waals surface area contributed by atoms with E-state index in [4.69, 9.17) is 39.9 Å². The summed E-state index contributed by atoms with van der Waals surface area (Å²) >= 11 is 16.9. The van der Waals surface area contributed by atoms with Gasteiger partial charge in [0.15, 0.2) is 0 Å². The molecule has 0 fully saturated rings. The van der Waals surface area contributed by atoms with Crippen molar-refractivity contribution in [1.82, 2.24) is 0 Å². The van der Waals surface area contributed by atoms with Crippen LogP contribution in [0.5, 0.6) is 0 Å². The van der Waals surface area contributed by atoms with Gasteiger partial charge in [-0.15, -0.1) is 0 Å². The molecule has 0 spiro atoms. The lowest BCUT2D eigenvalue weighted by Crippen LogP contribution is -1.82. The molecule has 0 bridgehead atoms. The van der Waals surface area contributed by atoms with Crippen molar-refractivity contribution in [3.8, 4) is 0 Å². The Morgan fingerprint density at radius 1 is 1.00 bits per heavy atom. The van der Waals surface area contributed by atoms with Gasteiger partial charge in [-0.3, -0.25) is 0 Å². The van der Waals surface area contributed by atoms with Crippen LogP contribution in [-0.2, 0) is 0 Å². The SMILES string of the molecule is O[CH]c1cc(Cl)c(Cl)cc1Cl. The zero-order valence-corrected chi connectivity index (χ0v) is 7.58. The normalized spacial score (nSPS) is 10.2. The minimum Gasteiger partial charge on any atom is -0.385 e. The second kappa shape index (κ2) is 3.63. The molecule has 1 aromatic carbocycles. The average molecular weight is 210 g/mol. The fourth-order valence-electron chi connectivity index (χ4n) is 0.637. The highest BCUT2D eigenvalue weighted by Crippen LogP contribution is 2.29. The summed E-state index contributed by atoms with van der Waals surface area (Å²) in [6.45, 7) is 0.880. The first-order valence-corrected chi connectivity index (χ1v) is 3.90. The Hall–Kier alpha value is 0.0500. The molecule has 1 radical (unpaired) electrons. The summed E-state index contributed by atoms with van der Waals surface area (Å²) in [5.74, 6) is 0. The van der Waals surface area contributed by atoms with E-state index in [1.54, 1.807) is 0 Å². The third kappa shape index (κ3) is 2.00. The maximum atomic E-state index is 8.62. The molecular formula is C7H4Cl3O. The first-order valence-electron chi connectivity index (χ1n) is 2.77. The van der Waals surface area contributed by atoms with Crippen LogP contribution in [0.2, 0.25) is 15.1 Å². The second-order valence-electron chi connectivity index (χ2n) is 1.92. The largest absolute Gasteiger partial charge is 0.385 e. The molecule has 0 aliphatic heterocycles. The fraction of sp³-hybridized carbons (Fsp3) is 0. The molecule has 0 aliphatic carbocycles. The summed E-state index contributed by atoms with van der Waals surface area (Å²) < 4.78 is 0. The first kappa shape index (κ1) is 9.14. The van der Waals surface area contributed by atoms with Crippen molar-refractivity contribution in [2.24, 2.45) is 0 Å². The summed E-state index contributed by atoms with van der Waals surface area (Å²) in [6, 6.07) is 2.97. The standard InChI is InChI=1S/C7H4Cl3O/c8-5-2-7(10)6(9)1-4(5)3-11/h1-3,11H. The highest BCUT2D eigenvalue weighted by Gasteiger charge is 2.04. The smallest absolute Gasteiger partial charge is 0.111 e. The molecule has 1 N–H and O–H groups in total. The Bertz CT molecular complexity index is 273. The zero-order valence-electron chi connectivity index (χ0n) is 5.31. The van der Waals surface area contributed by atoms with Crippen LogP contribution in [0, 0.1) is 6.61 Å². The van der Waals surface area contributed by atoms with E-state index in [1.165, 1.54) is 12.1 Å². The maximum Gasteiger partial charge on any atom is 0.111 e. The third-order valence-corrected chi connectivity index (χ3v) is 2.23. The van der Waals surface area contributed by atoms with Gasteiger partial charge in [0.1, 0.15) is 6.61 Å². The lowest BCUT2D eigenvalue weighted by molar-refractivity contribution is 0.415. The summed E-state index contributed by atoms with van der Waals surface area (Å²) in [5, 5.41) is 9.75. The Morgan fingerprint density at radius 2 is 1.55 bits per heavy atom. The van der Waals surface area contributed by atoms with E-state index in [2.05, 4.69) is 0 Å². The van der Waals surface area contributed by atoms with Crippen LogP contribution >= 0.6 is 34.8 Å². The van der Waals surface area contributed by atoms with Crippen molar-refractivity contribution in [1.29, 1.82) is 0 Å². The van der Waals surface area contributed by atoms with E-state index < -0.39 is 0 Å². The van der Waals surface area contributed by atoms with Gasteiger partial charge < -0.3 is 5.11 Å². The molecule has 0 saturated heterocycles. The second-order valence-corrected chi connectivity index (χ2v) is 3.14. The summed E-state index contributed by atoms with van der Waals surface area (Å²) in [7, 11) is 0. The van der Waals surface area contributed by atoms with Crippen molar-refractivity contribution >= 4 is 34.8 Å². The van der Waals surface area contributed by atoms with Crippen molar-refractivity contribution in [3.05, 3.63) is 39.4 Å². The molecule has 0 heterocycles. The van der Waals surface area contributed by atoms with Crippen LogP contribution < -0.4 is 0 Å². The predicted octanol–water partition coefficient (Wildman–Crippen LogP) is 3.53. The molecule has 0 unspecified atom stereocenters. The molecule has 0 amide bonds. The van der Waals surface area contributed by atoms with Gasteiger partial charge in [0.2, 0.25) is 0 Å². The summed E-state index contributed by atoms with van der Waals surface area (Å²) in [6.07, 6.45) is 0. The van der Waals surface area contributed by atoms with Crippen LogP contribution in [0.25, 0.3) is 0 Å². The summed E-state index contributed by atoms with van der Waals surface area (Å²) in [5.41, 5.74) is 0.459. The number of rotatable bonds is 1. The van der Waals surface area contributed by atoms with E-state index in [1.807, 2.05) is 0 Å². The Morgan fingerprint density at radius 3 is 2.09 bits per heavy atom. The molecule has 0 saturated carbocycles. The molecule has 11 heavy (non-hydrogen) atoms. The molecule has 0 atom stereocenters. The first-order chi connectivity index (χ1) is 5.15. The lowest BCUT2D eigenvalue weighted by atomic mass is 10.2. The van der Waals surface area contributed by atoms with E-state index in [9.17, 15) is 0 Å². The van der Waals surface area contributed by atoms with Gasteiger partial charge in [-0.25, -0.2) is 0 Å². The molecule has 59 valence electrons. The fourth-order valence-corrected chi connectivity index (χ4v) is 1.24. The minimum absolute atomic E-state index is 0.372. The number of halogens is 3. The molecule has 0 aliphatic rings. The maximum absolute atomic E-state index is 8.62. The molecular weight excluding hydrogens is 206 g/mol. The third-order valence-electron chi connectivity index (χ3n) is 1.18. The quantitative estimate of drug-likeness (QED) is 0.703. The Balaban J connectivity index is 3.21.